The number of esters is 1. The summed E-state index contributed by atoms with van der Waals surface area (Å²) in [6.45, 7) is 3.61. The van der Waals surface area contributed by atoms with E-state index in [0.717, 1.165) is 5.56 Å². The molecule has 0 bridgehead atoms. The SMILES string of the molecule is CCOC(=O)C1=C(C)N=c2s/c(=C/c3ccc(-c4ccc(Cl)c(Cl)c4)o3)c(=O)n2[C@@H]1c1cc(OC)c(OC)cc1Br. The number of carbonyl (C=O) groups is 1. The zero-order valence-electron chi connectivity index (χ0n) is 22.3. The molecule has 5 rings (SSSR count). The van der Waals surface area contributed by atoms with Crippen molar-refractivity contribution in [2.24, 2.45) is 4.99 Å². The number of benzene rings is 2. The minimum absolute atomic E-state index is 0.166. The van der Waals surface area contributed by atoms with Crippen LogP contribution in [0.1, 0.15) is 31.2 Å². The number of aromatic nitrogens is 1. The van der Waals surface area contributed by atoms with Gasteiger partial charge in [0.1, 0.15) is 11.5 Å². The molecule has 8 nitrogen and oxygen atoms in total. The van der Waals surface area contributed by atoms with E-state index in [0.29, 0.717) is 58.1 Å². The largest absolute Gasteiger partial charge is 0.493 e. The zero-order valence-corrected chi connectivity index (χ0v) is 26.2. The number of hydrogen-bond donors (Lipinski definition) is 0. The summed E-state index contributed by atoms with van der Waals surface area (Å²) >= 11 is 17.0. The number of halogens is 3. The Morgan fingerprint density at radius 3 is 2.54 bits per heavy atom. The van der Waals surface area contributed by atoms with Crippen molar-refractivity contribution in [3.63, 3.8) is 0 Å². The molecule has 2 aromatic heterocycles. The Balaban J connectivity index is 1.68. The molecule has 212 valence electrons. The summed E-state index contributed by atoms with van der Waals surface area (Å²) in [5.74, 6) is 1.39. The van der Waals surface area contributed by atoms with E-state index in [2.05, 4.69) is 20.9 Å². The monoisotopic (exact) mass is 676 g/mol. The number of thiazole rings is 1. The Hall–Kier alpha value is -3.31. The molecule has 1 aliphatic rings. The fourth-order valence-electron chi connectivity index (χ4n) is 4.53. The molecular weight excluding hydrogens is 655 g/mol. The molecule has 41 heavy (non-hydrogen) atoms. The van der Waals surface area contributed by atoms with Crippen LogP contribution >= 0.6 is 50.5 Å². The summed E-state index contributed by atoms with van der Waals surface area (Å²) in [4.78, 5) is 32.2. The van der Waals surface area contributed by atoms with Gasteiger partial charge in [-0.3, -0.25) is 9.36 Å². The first-order valence-corrected chi connectivity index (χ1v) is 14.7. The van der Waals surface area contributed by atoms with Crippen molar-refractivity contribution in [1.29, 1.82) is 0 Å². The highest BCUT2D eigenvalue weighted by Gasteiger charge is 2.35. The van der Waals surface area contributed by atoms with Gasteiger partial charge < -0.3 is 18.6 Å². The summed E-state index contributed by atoms with van der Waals surface area (Å²) in [6.07, 6.45) is 1.65. The van der Waals surface area contributed by atoms with Crippen molar-refractivity contribution in [1.82, 2.24) is 4.57 Å². The van der Waals surface area contributed by atoms with Gasteiger partial charge in [-0.25, -0.2) is 9.79 Å². The first kappa shape index (κ1) is 29.2. The number of ether oxygens (including phenoxy) is 3. The highest BCUT2D eigenvalue weighted by molar-refractivity contribution is 9.10. The second-order valence-electron chi connectivity index (χ2n) is 8.86. The highest BCUT2D eigenvalue weighted by Crippen LogP contribution is 2.41. The maximum Gasteiger partial charge on any atom is 0.338 e. The van der Waals surface area contributed by atoms with Crippen LogP contribution in [0.15, 0.2) is 72.4 Å². The Kier molecular flexibility index (Phi) is 8.47. The van der Waals surface area contributed by atoms with Crippen LogP contribution in [0.25, 0.3) is 17.4 Å². The quantitative estimate of drug-likeness (QED) is 0.218. The van der Waals surface area contributed by atoms with Gasteiger partial charge in [0.25, 0.3) is 5.56 Å². The summed E-state index contributed by atoms with van der Waals surface area (Å²) in [7, 11) is 3.05. The zero-order chi connectivity index (χ0) is 29.4. The molecule has 0 aliphatic carbocycles. The van der Waals surface area contributed by atoms with Gasteiger partial charge in [-0.05, 0) is 61.9 Å². The van der Waals surface area contributed by atoms with Crippen molar-refractivity contribution in [3.8, 4) is 22.8 Å². The van der Waals surface area contributed by atoms with Crippen LogP contribution in [-0.2, 0) is 9.53 Å². The molecule has 12 heteroatoms. The predicted molar refractivity (Wildman–Crippen MR) is 162 cm³/mol. The Morgan fingerprint density at radius 2 is 1.85 bits per heavy atom. The molecule has 4 aromatic rings. The van der Waals surface area contributed by atoms with Crippen LogP contribution in [0.2, 0.25) is 10.0 Å². The molecule has 1 atom stereocenters. The van der Waals surface area contributed by atoms with Gasteiger partial charge in [0.05, 0.1) is 52.7 Å². The van der Waals surface area contributed by atoms with Crippen molar-refractivity contribution < 1.29 is 23.4 Å². The van der Waals surface area contributed by atoms with Crippen LogP contribution < -0.4 is 24.4 Å². The molecule has 2 aromatic carbocycles. The third-order valence-electron chi connectivity index (χ3n) is 6.42. The van der Waals surface area contributed by atoms with Gasteiger partial charge in [-0.2, -0.15) is 0 Å². The van der Waals surface area contributed by atoms with Crippen LogP contribution in [0, 0.1) is 0 Å². The first-order valence-electron chi connectivity index (χ1n) is 12.3. The number of hydrogen-bond acceptors (Lipinski definition) is 8. The minimum Gasteiger partial charge on any atom is -0.493 e. The predicted octanol–water partition coefficient (Wildman–Crippen LogP) is 6.14. The van der Waals surface area contributed by atoms with Gasteiger partial charge in [0.15, 0.2) is 16.3 Å². The number of nitrogens with zero attached hydrogens (tertiary/aromatic N) is 2. The van der Waals surface area contributed by atoms with E-state index < -0.39 is 12.0 Å². The molecule has 0 radical (unpaired) electrons. The third-order valence-corrected chi connectivity index (χ3v) is 8.83. The molecular formula is C29H23BrCl2N2O6S. The Bertz CT molecular complexity index is 1890. The molecule has 0 unspecified atom stereocenters. The number of fused-ring (bicyclic) bond motifs is 1. The van der Waals surface area contributed by atoms with Crippen LogP contribution in [-0.4, -0.2) is 31.4 Å². The highest BCUT2D eigenvalue weighted by atomic mass is 79.9. The lowest BCUT2D eigenvalue weighted by Gasteiger charge is -2.26. The van der Waals surface area contributed by atoms with Gasteiger partial charge in [0, 0.05) is 16.1 Å². The lowest BCUT2D eigenvalue weighted by Crippen LogP contribution is -2.40. The summed E-state index contributed by atoms with van der Waals surface area (Å²) in [5, 5.41) is 0.848. The van der Waals surface area contributed by atoms with E-state index in [9.17, 15) is 9.59 Å². The van der Waals surface area contributed by atoms with Crippen molar-refractivity contribution in [3.05, 3.63) is 99.3 Å². The number of carbonyl (C=O) groups excluding carboxylic acids is 1. The Labute approximate surface area is 257 Å². The molecule has 1 aliphatic heterocycles. The van der Waals surface area contributed by atoms with Crippen molar-refractivity contribution in [2.75, 3.05) is 20.8 Å². The van der Waals surface area contributed by atoms with Crippen LogP contribution in [0.3, 0.4) is 0 Å². The lowest BCUT2D eigenvalue weighted by atomic mass is 9.95. The number of methoxy groups -OCH3 is 2. The fraction of sp³-hybridized carbons (Fsp3) is 0.207. The van der Waals surface area contributed by atoms with Crippen molar-refractivity contribution >= 4 is 62.5 Å². The van der Waals surface area contributed by atoms with Gasteiger partial charge in [-0.1, -0.05) is 50.5 Å². The van der Waals surface area contributed by atoms with Crippen LogP contribution in [0.4, 0.5) is 0 Å². The maximum atomic E-state index is 13.9. The second kappa shape index (κ2) is 11.9. The number of furan rings is 1. The molecule has 0 saturated carbocycles. The van der Waals surface area contributed by atoms with Crippen LogP contribution in [0.5, 0.6) is 11.5 Å². The lowest BCUT2D eigenvalue weighted by molar-refractivity contribution is -0.139. The topological polar surface area (TPSA) is 92.3 Å². The molecule has 0 fully saturated rings. The minimum atomic E-state index is -0.843. The normalized spacial score (nSPS) is 15.0. The first-order chi connectivity index (χ1) is 19.7. The summed E-state index contributed by atoms with van der Waals surface area (Å²) < 4.78 is 24.8. The fourth-order valence-corrected chi connectivity index (χ4v) is 6.39. The maximum absolute atomic E-state index is 13.9. The molecule has 0 saturated heterocycles. The van der Waals surface area contributed by atoms with E-state index >= 15 is 0 Å². The number of rotatable bonds is 7. The second-order valence-corrected chi connectivity index (χ2v) is 11.5. The molecule has 3 heterocycles. The van der Waals surface area contributed by atoms with E-state index in [-0.39, 0.29) is 17.7 Å². The van der Waals surface area contributed by atoms with E-state index in [4.69, 9.17) is 41.8 Å². The van der Waals surface area contributed by atoms with E-state index in [1.165, 1.54) is 30.1 Å². The van der Waals surface area contributed by atoms with Gasteiger partial charge >= 0.3 is 5.97 Å². The average Bonchev–Trinajstić information content (AvgIpc) is 3.53. The van der Waals surface area contributed by atoms with E-state index in [1.54, 1.807) is 62.4 Å². The standard InChI is InChI=1S/C29H23BrCl2N2O6S/c1-5-39-28(36)25-14(2)33-29-34(26(25)17-12-22(37-3)23(38-4)13-18(17)30)27(35)24(41-29)11-16-7-9-21(40-16)15-6-8-19(31)20(32)10-15/h6-13,26H,5H2,1-4H3/b24-11+/t26-/m1/s1. The summed E-state index contributed by atoms with van der Waals surface area (Å²) in [6, 6.07) is 11.4. The summed E-state index contributed by atoms with van der Waals surface area (Å²) in [5.41, 5.74) is 1.70. The average molecular weight is 678 g/mol. The van der Waals surface area contributed by atoms with Crippen molar-refractivity contribution in [2.45, 2.75) is 19.9 Å². The Morgan fingerprint density at radius 1 is 1.12 bits per heavy atom. The third kappa shape index (κ3) is 5.49. The van der Waals surface area contributed by atoms with Gasteiger partial charge in [0.2, 0.25) is 0 Å². The van der Waals surface area contributed by atoms with Gasteiger partial charge in [-0.15, -0.1) is 0 Å². The smallest absolute Gasteiger partial charge is 0.338 e. The molecule has 0 spiro atoms. The molecule has 0 amide bonds. The number of allylic oxidation sites excluding steroid dienone is 1. The molecule has 0 N–H and O–H groups in total. The van der Waals surface area contributed by atoms with E-state index in [1.807, 2.05) is 0 Å².